The van der Waals surface area contributed by atoms with E-state index in [9.17, 15) is 18.0 Å². The minimum absolute atomic E-state index is 0.114. The van der Waals surface area contributed by atoms with Crippen LogP contribution in [0, 0.1) is 0 Å². The highest BCUT2D eigenvalue weighted by atomic mass is 32.2. The molecule has 0 radical (unpaired) electrons. The Bertz CT molecular complexity index is 1190. The van der Waals surface area contributed by atoms with Crippen molar-refractivity contribution in [1.29, 1.82) is 0 Å². The number of carbonyl (C=O) groups is 2. The Labute approximate surface area is 191 Å². The number of benzene rings is 2. The third-order valence-electron chi connectivity index (χ3n) is 4.50. The van der Waals surface area contributed by atoms with Gasteiger partial charge in [0.05, 0.1) is 12.8 Å². The number of amides is 2. The highest BCUT2D eigenvalue weighted by molar-refractivity contribution is 7.94. The Morgan fingerprint density at radius 3 is 2.28 bits per heavy atom. The average molecular weight is 474 g/mol. The lowest BCUT2D eigenvalue weighted by atomic mass is 10.2. The molecule has 3 aromatic rings. The number of hydrogen-bond acceptors (Lipinski definition) is 6. The highest BCUT2D eigenvalue weighted by Crippen LogP contribution is 2.33. The van der Waals surface area contributed by atoms with Crippen LogP contribution in [-0.2, 0) is 14.8 Å². The van der Waals surface area contributed by atoms with Gasteiger partial charge in [-0.3, -0.25) is 13.9 Å². The molecule has 10 heteroatoms. The zero-order valence-corrected chi connectivity index (χ0v) is 19.4. The third-order valence-corrected chi connectivity index (χ3v) is 7.64. The molecule has 0 spiro atoms. The van der Waals surface area contributed by atoms with Gasteiger partial charge in [-0.15, -0.1) is 11.3 Å². The van der Waals surface area contributed by atoms with Crippen molar-refractivity contribution in [3.63, 3.8) is 0 Å². The van der Waals surface area contributed by atoms with Gasteiger partial charge in [0, 0.05) is 25.3 Å². The second-order valence-corrected chi connectivity index (χ2v) is 9.98. The third kappa shape index (κ3) is 5.09. The molecule has 168 valence electrons. The molecule has 0 fully saturated rings. The number of para-hydroxylation sites is 2. The summed E-state index contributed by atoms with van der Waals surface area (Å²) in [6.45, 7) is -0.459. The Morgan fingerprint density at radius 1 is 1.00 bits per heavy atom. The van der Waals surface area contributed by atoms with E-state index in [1.807, 2.05) is 0 Å². The van der Waals surface area contributed by atoms with E-state index in [2.05, 4.69) is 5.32 Å². The van der Waals surface area contributed by atoms with Gasteiger partial charge < -0.3 is 15.0 Å². The largest absolute Gasteiger partial charge is 0.495 e. The first-order valence-corrected chi connectivity index (χ1v) is 11.9. The maximum atomic E-state index is 13.3. The smallest absolute Gasteiger partial charge is 0.274 e. The van der Waals surface area contributed by atoms with Gasteiger partial charge in [0.25, 0.3) is 15.9 Å². The zero-order valence-electron chi connectivity index (χ0n) is 17.8. The van der Waals surface area contributed by atoms with Gasteiger partial charge >= 0.3 is 0 Å². The Hall–Kier alpha value is -3.37. The van der Waals surface area contributed by atoms with Crippen LogP contribution in [-0.4, -0.2) is 52.9 Å². The lowest BCUT2D eigenvalue weighted by Crippen LogP contribution is -2.38. The molecular weight excluding hydrogens is 450 g/mol. The van der Waals surface area contributed by atoms with Gasteiger partial charge in [-0.25, -0.2) is 8.42 Å². The molecule has 0 unspecified atom stereocenters. The van der Waals surface area contributed by atoms with Crippen LogP contribution in [0.1, 0.15) is 10.4 Å². The van der Waals surface area contributed by atoms with Crippen LogP contribution in [0.15, 0.2) is 70.3 Å². The summed E-state index contributed by atoms with van der Waals surface area (Å²) in [7, 11) is 0.741. The van der Waals surface area contributed by atoms with E-state index in [1.165, 1.54) is 18.1 Å². The summed E-state index contributed by atoms with van der Waals surface area (Å²) in [5, 5.41) is 4.34. The van der Waals surface area contributed by atoms with Gasteiger partial charge in [0.15, 0.2) is 0 Å². The molecule has 0 saturated carbocycles. The van der Waals surface area contributed by atoms with Crippen molar-refractivity contribution < 1.29 is 22.7 Å². The summed E-state index contributed by atoms with van der Waals surface area (Å²) in [4.78, 5) is 26.3. The minimum Gasteiger partial charge on any atom is -0.495 e. The lowest BCUT2D eigenvalue weighted by Gasteiger charge is -2.25. The summed E-state index contributed by atoms with van der Waals surface area (Å²) in [5.41, 5.74) is 1.17. The summed E-state index contributed by atoms with van der Waals surface area (Å²) in [5.74, 6) is -0.373. The molecule has 1 N–H and O–H groups in total. The molecule has 0 aliphatic carbocycles. The average Bonchev–Trinajstić information content (AvgIpc) is 3.33. The summed E-state index contributed by atoms with van der Waals surface area (Å²) >= 11 is 1.07. The first kappa shape index (κ1) is 23.3. The van der Waals surface area contributed by atoms with E-state index in [0.717, 1.165) is 15.6 Å². The number of nitrogens with zero attached hydrogens (tertiary/aromatic N) is 2. The van der Waals surface area contributed by atoms with Crippen molar-refractivity contribution in [2.45, 2.75) is 4.21 Å². The van der Waals surface area contributed by atoms with Gasteiger partial charge in [-0.1, -0.05) is 18.2 Å². The highest BCUT2D eigenvalue weighted by Gasteiger charge is 2.30. The fourth-order valence-corrected chi connectivity index (χ4v) is 5.48. The number of rotatable bonds is 8. The van der Waals surface area contributed by atoms with Crippen LogP contribution < -0.4 is 14.4 Å². The fraction of sp³-hybridized carbons (Fsp3) is 0.182. The minimum atomic E-state index is -4.00. The predicted molar refractivity (Wildman–Crippen MR) is 125 cm³/mol. The molecule has 0 bridgehead atoms. The van der Waals surface area contributed by atoms with Crippen molar-refractivity contribution in [3.05, 3.63) is 71.6 Å². The number of ether oxygens (including phenoxy) is 1. The molecule has 0 aliphatic heterocycles. The van der Waals surface area contributed by atoms with E-state index in [4.69, 9.17) is 4.74 Å². The number of nitrogens with one attached hydrogen (secondary N) is 1. The van der Waals surface area contributed by atoms with Gasteiger partial charge in [0.1, 0.15) is 16.5 Å². The normalized spacial score (nSPS) is 11.0. The maximum Gasteiger partial charge on any atom is 0.274 e. The number of hydrogen-bond donors (Lipinski definition) is 1. The van der Waals surface area contributed by atoms with Gasteiger partial charge in [0.2, 0.25) is 5.91 Å². The molecule has 3 rings (SSSR count). The monoisotopic (exact) mass is 473 g/mol. The van der Waals surface area contributed by atoms with Gasteiger partial charge in [-0.05, 0) is 47.8 Å². The Balaban J connectivity index is 1.87. The molecule has 32 heavy (non-hydrogen) atoms. The van der Waals surface area contributed by atoms with Crippen molar-refractivity contribution in [2.75, 3.05) is 37.4 Å². The van der Waals surface area contributed by atoms with Crippen LogP contribution in [0.25, 0.3) is 0 Å². The quantitative estimate of drug-likeness (QED) is 0.542. The first-order valence-electron chi connectivity index (χ1n) is 9.55. The summed E-state index contributed by atoms with van der Waals surface area (Å²) < 4.78 is 33.0. The molecule has 1 heterocycles. The van der Waals surface area contributed by atoms with E-state index in [-0.39, 0.29) is 15.8 Å². The second kappa shape index (κ2) is 9.84. The van der Waals surface area contributed by atoms with Crippen LogP contribution in [0.4, 0.5) is 11.4 Å². The number of anilines is 2. The molecule has 2 aromatic carbocycles. The van der Waals surface area contributed by atoms with Crippen LogP contribution in [0.3, 0.4) is 0 Å². The molecule has 8 nitrogen and oxygen atoms in total. The van der Waals surface area contributed by atoms with Crippen LogP contribution in [0.2, 0.25) is 0 Å². The summed E-state index contributed by atoms with van der Waals surface area (Å²) in [6, 6.07) is 16.1. The van der Waals surface area contributed by atoms with Crippen LogP contribution >= 0.6 is 11.3 Å². The second-order valence-electron chi connectivity index (χ2n) is 6.94. The van der Waals surface area contributed by atoms with E-state index < -0.39 is 22.5 Å². The topological polar surface area (TPSA) is 96.0 Å². The number of sulfonamides is 1. The van der Waals surface area contributed by atoms with E-state index in [1.54, 1.807) is 74.1 Å². The number of carbonyl (C=O) groups excluding carboxylic acids is 2. The molecule has 0 saturated heterocycles. The van der Waals surface area contributed by atoms with Crippen molar-refractivity contribution in [2.24, 2.45) is 0 Å². The lowest BCUT2D eigenvalue weighted by molar-refractivity contribution is -0.114. The maximum absolute atomic E-state index is 13.3. The predicted octanol–water partition coefficient (Wildman–Crippen LogP) is 3.29. The molecule has 1 aromatic heterocycles. The standard InChI is InChI=1S/C22H23N3O5S2/c1-24(2)22(27)16-10-12-17(13-11-16)23-20(26)15-25(18-7-4-5-8-19(18)30-3)32(28,29)21-9-6-14-31-21/h4-14H,15H2,1-3H3,(H,23,26). The van der Waals surface area contributed by atoms with Crippen molar-refractivity contribution >= 4 is 44.5 Å². The molecule has 0 atom stereocenters. The van der Waals surface area contributed by atoms with Crippen molar-refractivity contribution in [3.8, 4) is 5.75 Å². The van der Waals surface area contributed by atoms with Crippen molar-refractivity contribution in [1.82, 2.24) is 4.90 Å². The molecule has 2 amide bonds. The molecular formula is C22H23N3O5S2. The molecule has 0 aliphatic rings. The van der Waals surface area contributed by atoms with E-state index in [0.29, 0.717) is 17.0 Å². The van der Waals surface area contributed by atoms with E-state index >= 15 is 0 Å². The zero-order chi connectivity index (χ0) is 23.3. The fourth-order valence-electron chi connectivity index (χ4n) is 2.94. The SMILES string of the molecule is COc1ccccc1N(CC(=O)Nc1ccc(C(=O)N(C)C)cc1)S(=O)(=O)c1cccs1. The van der Waals surface area contributed by atoms with Gasteiger partial charge in [-0.2, -0.15) is 0 Å². The van der Waals surface area contributed by atoms with Crippen LogP contribution in [0.5, 0.6) is 5.75 Å². The number of methoxy groups -OCH3 is 1. The summed E-state index contributed by atoms with van der Waals surface area (Å²) in [6.07, 6.45) is 0. The Kier molecular flexibility index (Phi) is 7.16. The Morgan fingerprint density at radius 2 is 1.69 bits per heavy atom. The number of thiophene rings is 1. The first-order chi connectivity index (χ1) is 15.2.